The van der Waals surface area contributed by atoms with Gasteiger partial charge in [-0.05, 0) is 43.9 Å². The first-order valence-electron chi connectivity index (χ1n) is 11.2. The number of thioether (sulfide) groups is 1. The van der Waals surface area contributed by atoms with Crippen molar-refractivity contribution in [3.8, 4) is 5.75 Å². The van der Waals surface area contributed by atoms with E-state index in [9.17, 15) is 24.5 Å². The number of nitro benzene ring substituents is 1. The largest absolute Gasteiger partial charge is 0.472 e. The van der Waals surface area contributed by atoms with Crippen molar-refractivity contribution < 1.29 is 24.0 Å². The number of carbonyl (C=O) groups is 3. The molecule has 0 spiro atoms. The summed E-state index contributed by atoms with van der Waals surface area (Å²) in [6, 6.07) is 8.92. The topological polar surface area (TPSA) is 119 Å². The molecular weight excluding hydrogens is 506 g/mol. The first-order chi connectivity index (χ1) is 16.8. The minimum atomic E-state index is -1.58. The van der Waals surface area contributed by atoms with Crippen LogP contribution in [-0.4, -0.2) is 45.7 Å². The third-order valence-electron chi connectivity index (χ3n) is 5.27. The summed E-state index contributed by atoms with van der Waals surface area (Å²) < 4.78 is 5.96. The van der Waals surface area contributed by atoms with Gasteiger partial charge in [0.2, 0.25) is 6.10 Å². The van der Waals surface area contributed by atoms with Crippen molar-refractivity contribution in [3.05, 3.63) is 62.7 Å². The molecule has 2 amide bonds. The second kappa shape index (κ2) is 12.2. The highest BCUT2D eigenvalue weighted by molar-refractivity contribution is 8.12. The van der Waals surface area contributed by atoms with E-state index in [2.05, 4.69) is 5.32 Å². The van der Waals surface area contributed by atoms with Gasteiger partial charge in [-0.25, -0.2) is 0 Å². The molecule has 0 aliphatic rings. The Morgan fingerprint density at radius 2 is 1.86 bits per heavy atom. The second-order valence-electron chi connectivity index (χ2n) is 9.12. The predicted molar refractivity (Wildman–Crippen MR) is 142 cm³/mol. The van der Waals surface area contributed by atoms with E-state index >= 15 is 0 Å². The minimum absolute atomic E-state index is 0.00502. The summed E-state index contributed by atoms with van der Waals surface area (Å²) in [5.41, 5.74) is 0.318. The Kier molecular flexibility index (Phi) is 9.89. The molecule has 9 nitrogen and oxygen atoms in total. The number of benzene rings is 2. The zero-order valence-corrected chi connectivity index (χ0v) is 22.7. The van der Waals surface area contributed by atoms with Crippen LogP contribution in [0.15, 0.2) is 36.4 Å². The SMILES string of the molecule is CCN(Cc1cc([N+](=O)[O-])ccc1OC(C(=O)Nc1cc(C)ccc1Cl)C(=O)C(C)(C)C)C(=O)SC. The van der Waals surface area contributed by atoms with Crippen LogP contribution in [0, 0.1) is 22.5 Å². The normalized spacial score (nSPS) is 12.0. The molecule has 0 saturated heterocycles. The van der Waals surface area contributed by atoms with Crippen LogP contribution in [-0.2, 0) is 16.1 Å². The predicted octanol–water partition coefficient (Wildman–Crippen LogP) is 5.86. The lowest BCUT2D eigenvalue weighted by Crippen LogP contribution is -2.45. The molecule has 2 rings (SSSR count). The van der Waals surface area contributed by atoms with E-state index in [0.717, 1.165) is 17.3 Å². The van der Waals surface area contributed by atoms with Crippen LogP contribution in [0.1, 0.15) is 38.8 Å². The number of rotatable bonds is 9. The van der Waals surface area contributed by atoms with E-state index in [0.29, 0.717) is 22.8 Å². The van der Waals surface area contributed by atoms with Gasteiger partial charge in [0.05, 0.1) is 22.2 Å². The zero-order valence-electron chi connectivity index (χ0n) is 21.1. The number of nitrogens with one attached hydrogen (secondary N) is 1. The molecule has 0 saturated carbocycles. The van der Waals surface area contributed by atoms with Crippen molar-refractivity contribution >= 4 is 51.7 Å². The molecule has 11 heteroatoms. The van der Waals surface area contributed by atoms with Gasteiger partial charge in [-0.2, -0.15) is 0 Å². The van der Waals surface area contributed by atoms with E-state index < -0.39 is 28.1 Å². The van der Waals surface area contributed by atoms with Gasteiger partial charge < -0.3 is 15.0 Å². The number of amides is 2. The molecule has 2 aromatic rings. The van der Waals surface area contributed by atoms with Gasteiger partial charge in [-0.15, -0.1) is 0 Å². The van der Waals surface area contributed by atoms with Gasteiger partial charge in [0, 0.05) is 29.7 Å². The number of nitrogens with zero attached hydrogens (tertiary/aromatic N) is 2. The average molecular weight is 536 g/mol. The summed E-state index contributed by atoms with van der Waals surface area (Å²) in [6.07, 6.45) is 0.0578. The number of ether oxygens (including phenoxy) is 1. The molecule has 0 aliphatic heterocycles. The summed E-state index contributed by atoms with van der Waals surface area (Å²) in [5, 5.41) is 14.1. The zero-order chi connectivity index (χ0) is 27.2. The number of anilines is 1. The van der Waals surface area contributed by atoms with Gasteiger partial charge in [0.15, 0.2) is 5.78 Å². The van der Waals surface area contributed by atoms with E-state index in [-0.39, 0.29) is 23.2 Å². The highest BCUT2D eigenvalue weighted by Crippen LogP contribution is 2.30. The van der Waals surface area contributed by atoms with Gasteiger partial charge in [0.25, 0.3) is 16.8 Å². The van der Waals surface area contributed by atoms with Crippen LogP contribution in [0.25, 0.3) is 0 Å². The highest BCUT2D eigenvalue weighted by Gasteiger charge is 2.37. The standard InChI is InChI=1S/C25H30ClN3O6S/c1-7-28(24(32)36-6)14-16-13-17(29(33)34)9-11-20(16)35-21(22(30)25(3,4)5)23(31)27-19-12-15(2)8-10-18(19)26/h8-13,21H,7,14H2,1-6H3,(H,27,31). The molecule has 0 aromatic heterocycles. The van der Waals surface area contributed by atoms with Crippen molar-refractivity contribution in [1.82, 2.24) is 4.90 Å². The number of nitro groups is 1. The highest BCUT2D eigenvalue weighted by atomic mass is 35.5. The molecule has 0 fully saturated rings. The van der Waals surface area contributed by atoms with Gasteiger partial charge in [0.1, 0.15) is 5.75 Å². The number of aryl methyl sites for hydroxylation is 1. The van der Waals surface area contributed by atoms with E-state index in [1.54, 1.807) is 52.1 Å². The van der Waals surface area contributed by atoms with Crippen LogP contribution in [0.4, 0.5) is 16.2 Å². The first kappa shape index (κ1) is 29.1. The average Bonchev–Trinajstić information content (AvgIpc) is 2.81. The quantitative estimate of drug-likeness (QED) is 0.242. The summed E-state index contributed by atoms with van der Waals surface area (Å²) in [7, 11) is 0. The monoisotopic (exact) mass is 535 g/mol. The summed E-state index contributed by atoms with van der Waals surface area (Å²) in [6.45, 7) is 8.92. The minimum Gasteiger partial charge on any atom is -0.472 e. The number of ketones is 1. The summed E-state index contributed by atoms with van der Waals surface area (Å²) in [4.78, 5) is 51.2. The number of carbonyl (C=O) groups excluding carboxylic acids is 3. The third kappa shape index (κ3) is 7.44. The van der Waals surface area contributed by atoms with Crippen LogP contribution in [0.3, 0.4) is 0 Å². The van der Waals surface area contributed by atoms with Gasteiger partial charge in [-0.3, -0.25) is 24.5 Å². The lowest BCUT2D eigenvalue weighted by molar-refractivity contribution is -0.385. The molecule has 1 N–H and O–H groups in total. The molecule has 2 aromatic carbocycles. The van der Waals surface area contributed by atoms with Crippen molar-refractivity contribution in [2.75, 3.05) is 18.1 Å². The van der Waals surface area contributed by atoms with Crippen molar-refractivity contribution in [1.29, 1.82) is 0 Å². The van der Waals surface area contributed by atoms with Crippen LogP contribution >= 0.6 is 23.4 Å². The number of non-ortho nitro benzene ring substituents is 1. The first-order valence-corrected chi connectivity index (χ1v) is 12.8. The van der Waals surface area contributed by atoms with Gasteiger partial charge in [-0.1, -0.05) is 50.2 Å². The Morgan fingerprint density at radius 1 is 1.19 bits per heavy atom. The maximum atomic E-state index is 13.3. The number of hydrogen-bond acceptors (Lipinski definition) is 7. The van der Waals surface area contributed by atoms with Crippen LogP contribution in [0.5, 0.6) is 5.75 Å². The maximum Gasteiger partial charge on any atom is 0.281 e. The Labute approximate surface area is 219 Å². The molecule has 194 valence electrons. The Bertz CT molecular complexity index is 1160. The third-order valence-corrected chi connectivity index (χ3v) is 6.21. The molecular formula is C25H30ClN3O6S. The molecule has 36 heavy (non-hydrogen) atoms. The summed E-state index contributed by atoms with van der Waals surface area (Å²) in [5.74, 6) is -1.15. The van der Waals surface area contributed by atoms with Crippen LogP contribution < -0.4 is 10.1 Å². The Morgan fingerprint density at radius 3 is 2.42 bits per heavy atom. The number of Topliss-reactive ketones (excluding diaryl/α,β-unsaturated/α-hetero) is 1. The van der Waals surface area contributed by atoms with Crippen molar-refractivity contribution in [2.45, 2.75) is 47.3 Å². The molecule has 0 aliphatic carbocycles. The van der Waals surface area contributed by atoms with Crippen LogP contribution in [0.2, 0.25) is 5.02 Å². The molecule has 1 unspecified atom stereocenters. The fourth-order valence-corrected chi connectivity index (χ4v) is 3.85. The Hall–Kier alpha value is -3.11. The van der Waals surface area contributed by atoms with E-state index in [1.807, 2.05) is 6.92 Å². The second-order valence-corrected chi connectivity index (χ2v) is 10.3. The fraction of sp³-hybridized carbons (Fsp3) is 0.400. The molecule has 0 heterocycles. The number of halogens is 1. The smallest absolute Gasteiger partial charge is 0.281 e. The fourth-order valence-electron chi connectivity index (χ4n) is 3.24. The maximum absolute atomic E-state index is 13.3. The van der Waals surface area contributed by atoms with Gasteiger partial charge >= 0.3 is 0 Å². The Balaban J connectivity index is 2.51. The van der Waals surface area contributed by atoms with E-state index in [4.69, 9.17) is 16.3 Å². The lowest BCUT2D eigenvalue weighted by Gasteiger charge is -2.27. The summed E-state index contributed by atoms with van der Waals surface area (Å²) >= 11 is 7.23. The lowest BCUT2D eigenvalue weighted by atomic mass is 9.87. The van der Waals surface area contributed by atoms with Crippen molar-refractivity contribution in [2.24, 2.45) is 5.41 Å². The van der Waals surface area contributed by atoms with E-state index in [1.165, 1.54) is 23.1 Å². The molecule has 0 bridgehead atoms. The molecule has 1 atom stereocenters. The van der Waals surface area contributed by atoms with Crippen molar-refractivity contribution in [3.63, 3.8) is 0 Å². The molecule has 0 radical (unpaired) electrons. The number of hydrogen-bond donors (Lipinski definition) is 1.